The smallest absolute Gasteiger partial charge is 0.128 e. The van der Waals surface area contributed by atoms with Gasteiger partial charge >= 0.3 is 0 Å². The lowest BCUT2D eigenvalue weighted by molar-refractivity contribution is 1.00. The van der Waals surface area contributed by atoms with Crippen molar-refractivity contribution in [3.8, 4) is 0 Å². The highest BCUT2D eigenvalue weighted by molar-refractivity contribution is 5.43. The largest absolute Gasteiger partial charge is 0.399 e. The molecule has 0 saturated heterocycles. The van der Waals surface area contributed by atoms with Crippen LogP contribution in [0.25, 0.3) is 0 Å². The first-order chi connectivity index (χ1) is 8.25. The highest BCUT2D eigenvalue weighted by Gasteiger charge is 1.97. The molecular formula is C14H17N3. The van der Waals surface area contributed by atoms with Crippen LogP contribution >= 0.6 is 0 Å². The van der Waals surface area contributed by atoms with Crippen LogP contribution in [0.1, 0.15) is 11.1 Å². The van der Waals surface area contributed by atoms with Crippen molar-refractivity contribution in [3.63, 3.8) is 0 Å². The van der Waals surface area contributed by atoms with E-state index in [9.17, 15) is 0 Å². The van der Waals surface area contributed by atoms with Gasteiger partial charge in [-0.15, -0.1) is 0 Å². The molecule has 0 saturated carbocycles. The van der Waals surface area contributed by atoms with Gasteiger partial charge in [0.2, 0.25) is 0 Å². The van der Waals surface area contributed by atoms with Crippen molar-refractivity contribution in [2.75, 3.05) is 17.6 Å². The SMILES string of the molecule is Cc1cccnc1NCCc1ccc(N)cc1. The van der Waals surface area contributed by atoms with Gasteiger partial charge in [0.1, 0.15) is 5.82 Å². The van der Waals surface area contributed by atoms with Crippen LogP contribution in [-0.2, 0) is 6.42 Å². The number of hydrogen-bond acceptors (Lipinski definition) is 3. The Labute approximate surface area is 102 Å². The summed E-state index contributed by atoms with van der Waals surface area (Å²) in [6.07, 6.45) is 2.77. The van der Waals surface area contributed by atoms with Gasteiger partial charge in [0.25, 0.3) is 0 Å². The summed E-state index contributed by atoms with van der Waals surface area (Å²) >= 11 is 0. The lowest BCUT2D eigenvalue weighted by Crippen LogP contribution is -2.07. The fourth-order valence-corrected chi connectivity index (χ4v) is 1.68. The second-order valence-electron chi connectivity index (χ2n) is 4.09. The van der Waals surface area contributed by atoms with Crippen LogP contribution in [0.3, 0.4) is 0 Å². The molecule has 2 aromatic rings. The molecule has 3 heteroatoms. The number of aryl methyl sites for hydroxylation is 1. The third-order valence-corrected chi connectivity index (χ3v) is 2.70. The summed E-state index contributed by atoms with van der Waals surface area (Å²) in [5.74, 6) is 0.961. The number of hydrogen-bond donors (Lipinski definition) is 2. The second kappa shape index (κ2) is 5.34. The predicted molar refractivity (Wildman–Crippen MR) is 72.0 cm³/mol. The Morgan fingerprint density at radius 2 is 1.94 bits per heavy atom. The third kappa shape index (κ3) is 3.21. The minimum atomic E-state index is 0.808. The fraction of sp³-hybridized carbons (Fsp3) is 0.214. The molecule has 0 amide bonds. The number of nitrogens with one attached hydrogen (secondary N) is 1. The number of aromatic nitrogens is 1. The summed E-state index contributed by atoms with van der Waals surface area (Å²) in [6, 6.07) is 12.0. The van der Waals surface area contributed by atoms with Gasteiger partial charge in [0.05, 0.1) is 0 Å². The average Bonchev–Trinajstić information content (AvgIpc) is 2.34. The van der Waals surface area contributed by atoms with E-state index in [-0.39, 0.29) is 0 Å². The number of nitrogen functional groups attached to an aromatic ring is 1. The lowest BCUT2D eigenvalue weighted by atomic mass is 10.1. The number of benzene rings is 1. The van der Waals surface area contributed by atoms with E-state index in [1.54, 1.807) is 6.20 Å². The molecule has 17 heavy (non-hydrogen) atoms. The minimum Gasteiger partial charge on any atom is -0.399 e. The molecular weight excluding hydrogens is 210 g/mol. The van der Waals surface area contributed by atoms with Crippen LogP contribution in [-0.4, -0.2) is 11.5 Å². The number of nitrogens with two attached hydrogens (primary N) is 1. The quantitative estimate of drug-likeness (QED) is 0.789. The van der Waals surface area contributed by atoms with Crippen molar-refractivity contribution in [1.29, 1.82) is 0 Å². The van der Waals surface area contributed by atoms with Crippen molar-refractivity contribution in [2.45, 2.75) is 13.3 Å². The van der Waals surface area contributed by atoms with Crippen molar-refractivity contribution in [3.05, 3.63) is 53.7 Å². The number of anilines is 2. The standard InChI is InChI=1S/C14H17N3/c1-11-3-2-9-16-14(11)17-10-8-12-4-6-13(15)7-5-12/h2-7,9H,8,10,15H2,1H3,(H,16,17). The van der Waals surface area contributed by atoms with E-state index in [4.69, 9.17) is 5.73 Å². The van der Waals surface area contributed by atoms with Crippen molar-refractivity contribution in [1.82, 2.24) is 4.98 Å². The van der Waals surface area contributed by atoms with E-state index in [2.05, 4.69) is 35.4 Å². The Balaban J connectivity index is 1.88. The molecule has 3 nitrogen and oxygen atoms in total. The molecule has 0 unspecified atom stereocenters. The van der Waals surface area contributed by atoms with E-state index in [0.717, 1.165) is 24.5 Å². The Hall–Kier alpha value is -2.03. The zero-order valence-corrected chi connectivity index (χ0v) is 9.98. The Morgan fingerprint density at radius 1 is 1.18 bits per heavy atom. The first-order valence-electron chi connectivity index (χ1n) is 5.75. The monoisotopic (exact) mass is 227 g/mol. The molecule has 0 fully saturated rings. The molecule has 0 atom stereocenters. The lowest BCUT2D eigenvalue weighted by Gasteiger charge is -2.08. The van der Waals surface area contributed by atoms with Crippen LogP contribution in [0.4, 0.5) is 11.5 Å². The average molecular weight is 227 g/mol. The molecule has 0 aliphatic carbocycles. The van der Waals surface area contributed by atoms with Crippen LogP contribution in [0, 0.1) is 6.92 Å². The Bertz CT molecular complexity index is 477. The first-order valence-corrected chi connectivity index (χ1v) is 5.75. The van der Waals surface area contributed by atoms with Gasteiger partial charge in [0.15, 0.2) is 0 Å². The van der Waals surface area contributed by atoms with Gasteiger partial charge in [-0.2, -0.15) is 0 Å². The van der Waals surface area contributed by atoms with Crippen molar-refractivity contribution >= 4 is 11.5 Å². The molecule has 3 N–H and O–H groups in total. The summed E-state index contributed by atoms with van der Waals surface area (Å²) in [5, 5.41) is 3.33. The van der Waals surface area contributed by atoms with E-state index in [1.807, 2.05) is 18.2 Å². The summed E-state index contributed by atoms with van der Waals surface area (Å²) in [4.78, 5) is 4.29. The molecule has 1 heterocycles. The molecule has 0 radical (unpaired) electrons. The van der Waals surface area contributed by atoms with Gasteiger partial charge < -0.3 is 11.1 Å². The minimum absolute atomic E-state index is 0.808. The van der Waals surface area contributed by atoms with E-state index >= 15 is 0 Å². The van der Waals surface area contributed by atoms with E-state index < -0.39 is 0 Å². The van der Waals surface area contributed by atoms with Crippen molar-refractivity contribution < 1.29 is 0 Å². The van der Waals surface area contributed by atoms with Crippen molar-refractivity contribution in [2.24, 2.45) is 0 Å². The maximum absolute atomic E-state index is 5.64. The van der Waals surface area contributed by atoms with Gasteiger partial charge in [-0.1, -0.05) is 18.2 Å². The summed E-state index contributed by atoms with van der Waals surface area (Å²) in [7, 11) is 0. The van der Waals surface area contributed by atoms with Crippen LogP contribution < -0.4 is 11.1 Å². The van der Waals surface area contributed by atoms with E-state index in [1.165, 1.54) is 11.1 Å². The molecule has 1 aromatic heterocycles. The van der Waals surface area contributed by atoms with Gasteiger partial charge in [-0.25, -0.2) is 4.98 Å². The molecule has 0 aliphatic rings. The normalized spacial score (nSPS) is 10.2. The molecule has 2 rings (SSSR count). The topological polar surface area (TPSA) is 50.9 Å². The van der Waals surface area contributed by atoms with Gasteiger partial charge in [-0.3, -0.25) is 0 Å². The number of nitrogens with zero attached hydrogens (tertiary/aromatic N) is 1. The maximum atomic E-state index is 5.64. The molecule has 0 bridgehead atoms. The van der Waals surface area contributed by atoms with Crippen LogP contribution in [0.5, 0.6) is 0 Å². The summed E-state index contributed by atoms with van der Waals surface area (Å²) in [5.41, 5.74) is 8.90. The first kappa shape index (κ1) is 11.5. The maximum Gasteiger partial charge on any atom is 0.128 e. The Kier molecular flexibility index (Phi) is 3.60. The summed E-state index contributed by atoms with van der Waals surface area (Å²) in [6.45, 7) is 2.93. The molecule has 88 valence electrons. The highest BCUT2D eigenvalue weighted by Crippen LogP contribution is 2.10. The van der Waals surface area contributed by atoms with Gasteiger partial charge in [-0.05, 0) is 42.7 Å². The van der Waals surface area contributed by atoms with Crippen LogP contribution in [0.2, 0.25) is 0 Å². The second-order valence-corrected chi connectivity index (χ2v) is 4.09. The third-order valence-electron chi connectivity index (χ3n) is 2.70. The molecule has 1 aromatic carbocycles. The zero-order valence-electron chi connectivity index (χ0n) is 9.98. The molecule has 0 spiro atoms. The number of pyridine rings is 1. The highest BCUT2D eigenvalue weighted by atomic mass is 15.0. The zero-order chi connectivity index (χ0) is 12.1. The van der Waals surface area contributed by atoms with Gasteiger partial charge in [0, 0.05) is 18.4 Å². The number of rotatable bonds is 4. The summed E-state index contributed by atoms with van der Waals surface area (Å²) < 4.78 is 0. The fourth-order valence-electron chi connectivity index (χ4n) is 1.68. The molecule has 0 aliphatic heterocycles. The van der Waals surface area contributed by atoms with E-state index in [0.29, 0.717) is 0 Å². The Morgan fingerprint density at radius 3 is 2.65 bits per heavy atom. The predicted octanol–water partition coefficient (Wildman–Crippen LogP) is 2.63. The van der Waals surface area contributed by atoms with Crippen LogP contribution in [0.15, 0.2) is 42.6 Å².